The third-order valence-corrected chi connectivity index (χ3v) is 6.94. The minimum atomic E-state index is -2.97. The molecule has 0 aromatic rings. The molecular weight excluding hydrogens is 328 g/mol. The third kappa shape index (κ3) is 8.07. The van der Waals surface area contributed by atoms with Gasteiger partial charge in [0.15, 0.2) is 0 Å². The standard InChI is InChI=1S/C17H36O6Si/c1-7-10-11-12-13-14-17(24(19-4,20-5)21-6)23-16(9-3)22-15(18)8-2/h16-17H,7-14H2,1-6H3. The number of unbranched alkanes of at least 4 members (excludes halogenated alkanes) is 4. The van der Waals surface area contributed by atoms with Crippen LogP contribution in [0.3, 0.4) is 0 Å². The molecule has 0 spiro atoms. The molecule has 0 N–H and O–H groups in total. The van der Waals surface area contributed by atoms with E-state index in [1.165, 1.54) is 19.3 Å². The molecule has 6 nitrogen and oxygen atoms in total. The van der Waals surface area contributed by atoms with Crippen molar-refractivity contribution in [1.29, 1.82) is 0 Å². The fourth-order valence-corrected chi connectivity index (χ4v) is 4.69. The SMILES string of the molecule is CCCCCCCC(OC(CC)OC(=O)CC)[Si](OC)(OC)OC. The number of carbonyl (C=O) groups excluding carboxylic acids is 1. The van der Waals surface area contributed by atoms with Crippen LogP contribution >= 0.6 is 0 Å². The lowest BCUT2D eigenvalue weighted by Gasteiger charge is -2.34. The maximum atomic E-state index is 11.6. The first-order valence-electron chi connectivity index (χ1n) is 9.03. The highest BCUT2D eigenvalue weighted by molar-refractivity contribution is 6.62. The molecule has 0 aliphatic heterocycles. The van der Waals surface area contributed by atoms with Crippen LogP contribution in [0.2, 0.25) is 0 Å². The molecule has 0 radical (unpaired) electrons. The van der Waals surface area contributed by atoms with E-state index in [1.807, 2.05) is 6.92 Å². The van der Waals surface area contributed by atoms with Gasteiger partial charge in [-0.15, -0.1) is 0 Å². The number of hydrogen-bond donors (Lipinski definition) is 0. The predicted octanol–water partition coefficient (Wildman–Crippen LogP) is 3.84. The van der Waals surface area contributed by atoms with Crippen molar-refractivity contribution < 1.29 is 27.5 Å². The summed E-state index contributed by atoms with van der Waals surface area (Å²) in [5, 5.41) is 0. The van der Waals surface area contributed by atoms with E-state index < -0.39 is 15.1 Å². The Morgan fingerprint density at radius 1 is 0.917 bits per heavy atom. The molecule has 0 bridgehead atoms. The first-order chi connectivity index (χ1) is 11.5. The van der Waals surface area contributed by atoms with Crippen LogP contribution in [0.25, 0.3) is 0 Å². The Morgan fingerprint density at radius 3 is 1.96 bits per heavy atom. The Kier molecular flexibility index (Phi) is 13.5. The molecule has 0 saturated heterocycles. The van der Waals surface area contributed by atoms with Gasteiger partial charge in [-0.3, -0.25) is 4.79 Å². The summed E-state index contributed by atoms with van der Waals surface area (Å²) in [4.78, 5) is 11.6. The van der Waals surface area contributed by atoms with Gasteiger partial charge in [0.25, 0.3) is 0 Å². The quantitative estimate of drug-likeness (QED) is 0.190. The molecular formula is C17H36O6Si. The summed E-state index contributed by atoms with van der Waals surface area (Å²) < 4.78 is 28.2. The van der Waals surface area contributed by atoms with Gasteiger partial charge >= 0.3 is 14.8 Å². The average molecular weight is 365 g/mol. The summed E-state index contributed by atoms with van der Waals surface area (Å²) in [5.41, 5.74) is -0.353. The highest BCUT2D eigenvalue weighted by Gasteiger charge is 2.49. The molecule has 7 heteroatoms. The molecule has 0 aromatic carbocycles. The van der Waals surface area contributed by atoms with Crippen molar-refractivity contribution in [2.24, 2.45) is 0 Å². The predicted molar refractivity (Wildman–Crippen MR) is 95.5 cm³/mol. The van der Waals surface area contributed by atoms with E-state index in [0.717, 1.165) is 19.3 Å². The number of hydrogen-bond acceptors (Lipinski definition) is 6. The van der Waals surface area contributed by atoms with Crippen LogP contribution in [0.5, 0.6) is 0 Å². The second-order valence-electron chi connectivity index (χ2n) is 5.72. The van der Waals surface area contributed by atoms with Crippen LogP contribution < -0.4 is 0 Å². The van der Waals surface area contributed by atoms with Crippen molar-refractivity contribution in [1.82, 2.24) is 0 Å². The molecule has 2 unspecified atom stereocenters. The minimum Gasteiger partial charge on any atom is -0.436 e. The van der Waals surface area contributed by atoms with Crippen molar-refractivity contribution in [2.75, 3.05) is 21.3 Å². The van der Waals surface area contributed by atoms with Crippen molar-refractivity contribution in [3.8, 4) is 0 Å². The van der Waals surface area contributed by atoms with Gasteiger partial charge in [-0.25, -0.2) is 0 Å². The topological polar surface area (TPSA) is 63.2 Å². The molecule has 0 amide bonds. The summed E-state index contributed by atoms with van der Waals surface area (Å²) in [5.74, 6) is -0.275. The maximum absolute atomic E-state index is 11.6. The monoisotopic (exact) mass is 364 g/mol. The molecule has 0 aromatic heterocycles. The highest BCUT2D eigenvalue weighted by Crippen LogP contribution is 2.24. The van der Waals surface area contributed by atoms with Gasteiger partial charge in [0.2, 0.25) is 6.29 Å². The zero-order valence-corrected chi connectivity index (χ0v) is 17.3. The summed E-state index contributed by atoms with van der Waals surface area (Å²) >= 11 is 0. The van der Waals surface area contributed by atoms with Crippen molar-refractivity contribution in [3.63, 3.8) is 0 Å². The molecule has 0 saturated carbocycles. The van der Waals surface area contributed by atoms with Gasteiger partial charge in [-0.05, 0) is 6.42 Å². The van der Waals surface area contributed by atoms with E-state index in [-0.39, 0.29) is 11.7 Å². The molecule has 2 atom stereocenters. The summed E-state index contributed by atoms with van der Waals surface area (Å²) in [6, 6.07) is 0. The van der Waals surface area contributed by atoms with Crippen LogP contribution in [-0.4, -0.2) is 48.1 Å². The molecule has 0 aliphatic rings. The fraction of sp³-hybridized carbons (Fsp3) is 0.941. The van der Waals surface area contributed by atoms with Crippen LogP contribution in [0.4, 0.5) is 0 Å². The largest absolute Gasteiger partial charge is 0.530 e. The molecule has 144 valence electrons. The first-order valence-corrected chi connectivity index (χ1v) is 10.8. The number of esters is 1. The Balaban J connectivity index is 4.91. The van der Waals surface area contributed by atoms with Crippen LogP contribution in [0.15, 0.2) is 0 Å². The van der Waals surface area contributed by atoms with Gasteiger partial charge in [0.05, 0.1) is 0 Å². The first kappa shape index (κ1) is 23.5. The fourth-order valence-electron chi connectivity index (χ4n) is 2.53. The van der Waals surface area contributed by atoms with Gasteiger partial charge in [-0.2, -0.15) is 0 Å². The second kappa shape index (κ2) is 13.8. The van der Waals surface area contributed by atoms with Gasteiger partial charge < -0.3 is 22.8 Å². The molecule has 0 aliphatic carbocycles. The second-order valence-corrected chi connectivity index (χ2v) is 8.80. The summed E-state index contributed by atoms with van der Waals surface area (Å²) in [7, 11) is 1.76. The van der Waals surface area contributed by atoms with Gasteiger partial charge in [0.1, 0.15) is 5.73 Å². The van der Waals surface area contributed by atoms with Crippen molar-refractivity contribution in [3.05, 3.63) is 0 Å². The van der Waals surface area contributed by atoms with E-state index in [1.54, 1.807) is 28.3 Å². The lowest BCUT2D eigenvalue weighted by molar-refractivity contribution is -0.189. The van der Waals surface area contributed by atoms with E-state index in [9.17, 15) is 4.79 Å². The molecule has 24 heavy (non-hydrogen) atoms. The molecule has 0 fully saturated rings. The minimum absolute atomic E-state index is 0.275. The van der Waals surface area contributed by atoms with Crippen LogP contribution in [0, 0.1) is 0 Å². The lowest BCUT2D eigenvalue weighted by atomic mass is 10.1. The molecule has 0 heterocycles. The zero-order chi connectivity index (χ0) is 18.4. The average Bonchev–Trinajstić information content (AvgIpc) is 2.61. The van der Waals surface area contributed by atoms with E-state index in [4.69, 9.17) is 22.8 Å². The van der Waals surface area contributed by atoms with E-state index in [0.29, 0.717) is 12.8 Å². The summed E-state index contributed by atoms with van der Waals surface area (Å²) in [6.45, 7) is 5.87. The number of ether oxygens (including phenoxy) is 2. The van der Waals surface area contributed by atoms with Crippen LogP contribution in [0.1, 0.15) is 72.1 Å². The maximum Gasteiger partial charge on any atom is 0.530 e. The van der Waals surface area contributed by atoms with Crippen molar-refractivity contribution in [2.45, 2.75) is 84.2 Å². The van der Waals surface area contributed by atoms with Gasteiger partial charge in [-0.1, -0.05) is 52.9 Å². The van der Waals surface area contributed by atoms with Crippen LogP contribution in [-0.2, 0) is 27.5 Å². The number of carbonyl (C=O) groups is 1. The highest BCUT2D eigenvalue weighted by atomic mass is 28.4. The zero-order valence-electron chi connectivity index (χ0n) is 16.3. The Hall–Kier alpha value is -0.473. The Morgan fingerprint density at radius 2 is 1.50 bits per heavy atom. The molecule has 0 rings (SSSR count). The van der Waals surface area contributed by atoms with Gasteiger partial charge in [0, 0.05) is 34.2 Å². The normalized spacial score (nSPS) is 14.4. The third-order valence-electron chi connectivity index (χ3n) is 4.02. The Labute approximate surface area is 148 Å². The smallest absolute Gasteiger partial charge is 0.436 e. The van der Waals surface area contributed by atoms with Crippen molar-refractivity contribution >= 4 is 14.8 Å². The summed E-state index contributed by atoms with van der Waals surface area (Å²) in [6.07, 6.45) is 6.80. The van der Waals surface area contributed by atoms with E-state index in [2.05, 4.69) is 6.92 Å². The van der Waals surface area contributed by atoms with E-state index >= 15 is 0 Å². The lowest BCUT2D eigenvalue weighted by Crippen LogP contribution is -2.56. The number of rotatable bonds is 15. The Bertz CT molecular complexity index is 314.